The van der Waals surface area contributed by atoms with Crippen molar-refractivity contribution in [3.8, 4) is 0 Å². The van der Waals surface area contributed by atoms with Crippen LogP contribution in [0.15, 0.2) is 0 Å². The summed E-state index contributed by atoms with van der Waals surface area (Å²) in [6, 6.07) is 0.335. The fraction of sp³-hybridized carbons (Fsp3) is 0.917. The molecule has 0 spiro atoms. The van der Waals surface area contributed by atoms with E-state index in [0.717, 1.165) is 25.9 Å². The number of amides is 1. The van der Waals surface area contributed by atoms with Gasteiger partial charge in [-0.3, -0.25) is 4.79 Å². The van der Waals surface area contributed by atoms with Crippen LogP contribution in [0.4, 0.5) is 0 Å². The normalized spacial score (nSPS) is 23.1. The van der Waals surface area contributed by atoms with E-state index in [0.29, 0.717) is 12.5 Å². The number of nitrogens with one attached hydrogen (secondary N) is 2. The topological polar surface area (TPSA) is 44.4 Å². The molecule has 1 rings (SSSR count). The third-order valence-corrected chi connectivity index (χ3v) is 3.52. The third-order valence-electron chi connectivity index (χ3n) is 3.52. The van der Waals surface area contributed by atoms with E-state index in [-0.39, 0.29) is 11.4 Å². The Hall–Kier alpha value is -0.610. The Labute approximate surface area is 98.8 Å². The van der Waals surface area contributed by atoms with E-state index >= 15 is 0 Å². The Morgan fingerprint density at radius 1 is 1.50 bits per heavy atom. The second kappa shape index (κ2) is 5.64. The van der Waals surface area contributed by atoms with Gasteiger partial charge in [0.1, 0.15) is 0 Å². The first kappa shape index (κ1) is 13.5. The molecule has 2 N–H and O–H groups in total. The van der Waals surface area contributed by atoms with Gasteiger partial charge in [0.15, 0.2) is 0 Å². The lowest BCUT2D eigenvalue weighted by Crippen LogP contribution is -2.49. The van der Waals surface area contributed by atoms with Crippen molar-refractivity contribution in [2.45, 2.75) is 44.7 Å². The average Bonchev–Trinajstić information content (AvgIpc) is 2.39. The molecule has 0 bridgehead atoms. The van der Waals surface area contributed by atoms with Crippen molar-refractivity contribution in [3.63, 3.8) is 0 Å². The van der Waals surface area contributed by atoms with Crippen molar-refractivity contribution in [1.29, 1.82) is 0 Å². The highest BCUT2D eigenvalue weighted by molar-refractivity contribution is 5.76. The summed E-state index contributed by atoms with van der Waals surface area (Å²) in [6.07, 6.45) is 2.78. The summed E-state index contributed by atoms with van der Waals surface area (Å²) in [7, 11) is 4.17. The minimum absolute atomic E-state index is 0.128. The van der Waals surface area contributed by atoms with Crippen molar-refractivity contribution in [3.05, 3.63) is 0 Å². The van der Waals surface area contributed by atoms with Gasteiger partial charge in [-0.1, -0.05) is 0 Å². The van der Waals surface area contributed by atoms with E-state index in [1.807, 2.05) is 0 Å². The number of hydrogen-bond acceptors (Lipinski definition) is 3. The molecule has 0 saturated carbocycles. The van der Waals surface area contributed by atoms with Crippen molar-refractivity contribution in [2.24, 2.45) is 0 Å². The predicted molar refractivity (Wildman–Crippen MR) is 66.4 cm³/mol. The molecule has 1 heterocycles. The fourth-order valence-corrected chi connectivity index (χ4v) is 1.70. The Bertz CT molecular complexity index is 238. The highest BCUT2D eigenvalue weighted by Gasteiger charge is 2.23. The quantitative estimate of drug-likeness (QED) is 0.738. The van der Waals surface area contributed by atoms with Crippen LogP contribution in [0.5, 0.6) is 0 Å². The number of nitrogens with zero attached hydrogens (tertiary/aromatic N) is 1. The molecule has 1 atom stereocenters. The molecule has 1 saturated heterocycles. The lowest BCUT2D eigenvalue weighted by atomic mass is 10.0. The molecule has 0 aliphatic carbocycles. The Balaban J connectivity index is 2.39. The standard InChI is InChI=1S/C12H25N3O/c1-12(2,15(3)4)9-14-10-6-5-7-13-11(16)8-10/h10,14H,5-9H2,1-4H3,(H,13,16). The number of carbonyl (C=O) groups excluding carboxylic acids is 1. The summed E-state index contributed by atoms with van der Waals surface area (Å²) >= 11 is 0. The fourth-order valence-electron chi connectivity index (χ4n) is 1.70. The predicted octanol–water partition coefficient (Wildman–Crippen LogP) is 0.585. The van der Waals surface area contributed by atoms with Gasteiger partial charge in [-0.2, -0.15) is 0 Å². The van der Waals surface area contributed by atoms with E-state index in [4.69, 9.17) is 0 Å². The summed E-state index contributed by atoms with van der Waals surface area (Å²) in [4.78, 5) is 13.6. The van der Waals surface area contributed by atoms with E-state index in [2.05, 4.69) is 43.5 Å². The zero-order valence-electron chi connectivity index (χ0n) is 11.0. The lowest BCUT2D eigenvalue weighted by Gasteiger charge is -2.34. The largest absolute Gasteiger partial charge is 0.356 e. The molecule has 16 heavy (non-hydrogen) atoms. The van der Waals surface area contributed by atoms with Crippen LogP contribution >= 0.6 is 0 Å². The minimum Gasteiger partial charge on any atom is -0.356 e. The van der Waals surface area contributed by atoms with Gasteiger partial charge in [0, 0.05) is 31.1 Å². The molecule has 1 amide bonds. The molecule has 4 nitrogen and oxygen atoms in total. The summed E-state index contributed by atoms with van der Waals surface area (Å²) in [5.74, 6) is 0.178. The number of hydrogen-bond donors (Lipinski definition) is 2. The van der Waals surface area contributed by atoms with Gasteiger partial charge in [-0.25, -0.2) is 0 Å². The minimum atomic E-state index is 0.128. The first-order chi connectivity index (χ1) is 7.42. The maximum atomic E-state index is 11.4. The van der Waals surface area contributed by atoms with Crippen molar-refractivity contribution < 1.29 is 4.79 Å². The highest BCUT2D eigenvalue weighted by atomic mass is 16.1. The highest BCUT2D eigenvalue weighted by Crippen LogP contribution is 2.11. The lowest BCUT2D eigenvalue weighted by molar-refractivity contribution is -0.121. The monoisotopic (exact) mass is 227 g/mol. The molecule has 1 aliphatic rings. The summed E-state index contributed by atoms with van der Waals surface area (Å²) in [5.41, 5.74) is 0.128. The second-order valence-corrected chi connectivity index (χ2v) is 5.48. The van der Waals surface area contributed by atoms with Crippen LogP contribution in [0.2, 0.25) is 0 Å². The van der Waals surface area contributed by atoms with E-state index in [1.165, 1.54) is 0 Å². The van der Waals surface area contributed by atoms with Crippen LogP contribution in [0.3, 0.4) is 0 Å². The molecule has 1 unspecified atom stereocenters. The number of carbonyl (C=O) groups is 1. The van der Waals surface area contributed by atoms with Gasteiger partial charge in [-0.15, -0.1) is 0 Å². The first-order valence-electron chi connectivity index (χ1n) is 6.09. The molecule has 0 radical (unpaired) electrons. The van der Waals surface area contributed by atoms with Gasteiger partial charge >= 0.3 is 0 Å². The van der Waals surface area contributed by atoms with Crippen LogP contribution in [0.25, 0.3) is 0 Å². The average molecular weight is 227 g/mol. The Kier molecular flexibility index (Phi) is 4.74. The van der Waals surface area contributed by atoms with Crippen molar-refractivity contribution >= 4 is 5.91 Å². The molecule has 0 aromatic carbocycles. The van der Waals surface area contributed by atoms with Crippen LogP contribution in [0, 0.1) is 0 Å². The van der Waals surface area contributed by atoms with Gasteiger partial charge in [0.25, 0.3) is 0 Å². The summed E-state index contributed by atoms with van der Waals surface area (Å²) in [6.45, 7) is 6.15. The molecular weight excluding hydrogens is 202 g/mol. The van der Waals surface area contributed by atoms with Crippen molar-refractivity contribution in [1.82, 2.24) is 15.5 Å². The zero-order chi connectivity index (χ0) is 12.2. The smallest absolute Gasteiger partial charge is 0.221 e. The molecule has 0 aromatic heterocycles. The maximum Gasteiger partial charge on any atom is 0.221 e. The van der Waals surface area contributed by atoms with Gasteiger partial charge < -0.3 is 15.5 Å². The first-order valence-corrected chi connectivity index (χ1v) is 6.09. The van der Waals surface area contributed by atoms with Crippen LogP contribution < -0.4 is 10.6 Å². The van der Waals surface area contributed by atoms with E-state index in [9.17, 15) is 4.79 Å². The van der Waals surface area contributed by atoms with Crippen molar-refractivity contribution in [2.75, 3.05) is 27.2 Å². The second-order valence-electron chi connectivity index (χ2n) is 5.48. The van der Waals surface area contributed by atoms with Gasteiger partial charge in [-0.05, 0) is 40.8 Å². The molecular formula is C12H25N3O. The maximum absolute atomic E-state index is 11.4. The molecule has 4 heteroatoms. The van der Waals surface area contributed by atoms with E-state index in [1.54, 1.807) is 0 Å². The molecule has 1 aliphatic heterocycles. The molecule has 0 aromatic rings. The third kappa shape index (κ3) is 4.10. The van der Waals surface area contributed by atoms with E-state index < -0.39 is 0 Å². The molecule has 1 fully saturated rings. The summed E-state index contributed by atoms with van der Waals surface area (Å²) < 4.78 is 0. The summed E-state index contributed by atoms with van der Waals surface area (Å²) in [5, 5.41) is 6.42. The van der Waals surface area contributed by atoms with Crippen LogP contribution in [0.1, 0.15) is 33.1 Å². The Morgan fingerprint density at radius 3 is 2.81 bits per heavy atom. The number of likely N-dealkylation sites (N-methyl/N-ethyl adjacent to an activating group) is 1. The van der Waals surface area contributed by atoms with Gasteiger partial charge in [0.2, 0.25) is 5.91 Å². The van der Waals surface area contributed by atoms with Gasteiger partial charge in [0.05, 0.1) is 0 Å². The SMILES string of the molecule is CN(C)C(C)(C)CNC1CCCNC(=O)C1. The van der Waals surface area contributed by atoms with Crippen LogP contribution in [-0.2, 0) is 4.79 Å². The van der Waals surface area contributed by atoms with Crippen LogP contribution in [-0.4, -0.2) is 49.6 Å². The Morgan fingerprint density at radius 2 is 2.19 bits per heavy atom. The zero-order valence-corrected chi connectivity index (χ0v) is 11.0. The number of rotatable bonds is 4. The molecule has 94 valence electrons.